The predicted octanol–water partition coefficient (Wildman–Crippen LogP) is 7.53. The lowest BCUT2D eigenvalue weighted by molar-refractivity contribution is -0.140. The molecule has 0 aliphatic rings. The van der Waals surface area contributed by atoms with Crippen molar-refractivity contribution in [1.82, 2.24) is 5.32 Å². The minimum atomic E-state index is -4.39. The molecule has 3 aromatic rings. The van der Waals surface area contributed by atoms with Crippen LogP contribution in [-0.4, -0.2) is 25.5 Å². The van der Waals surface area contributed by atoms with Gasteiger partial charge in [0.15, 0.2) is 0 Å². The molecule has 1 aromatic heterocycles. The Balaban J connectivity index is 1.78. The van der Waals surface area contributed by atoms with E-state index in [1.165, 1.54) is 30.6 Å². The quantitative estimate of drug-likeness (QED) is 0.278. The lowest BCUT2D eigenvalue weighted by atomic mass is 9.94. The fourth-order valence-corrected chi connectivity index (χ4v) is 5.43. The maximum Gasteiger partial charge on any atom is 0.416 e. The van der Waals surface area contributed by atoms with Crippen molar-refractivity contribution in [1.29, 1.82) is 0 Å². The van der Waals surface area contributed by atoms with Crippen LogP contribution in [-0.2, 0) is 15.7 Å². The Labute approximate surface area is 222 Å². The first-order valence-electron chi connectivity index (χ1n) is 11.5. The molecule has 1 amide bonds. The summed E-state index contributed by atoms with van der Waals surface area (Å²) in [4.78, 5) is 24.8. The molecule has 0 aliphatic heterocycles. The number of hydrogen-bond donors (Lipinski definition) is 1. The summed E-state index contributed by atoms with van der Waals surface area (Å²) in [5.41, 5.74) is 2.54. The number of nitrogens with one attached hydrogen (secondary N) is 1. The van der Waals surface area contributed by atoms with Gasteiger partial charge in [0.2, 0.25) is 0 Å². The fourth-order valence-electron chi connectivity index (χ4n) is 3.94. The number of rotatable bonds is 9. The van der Waals surface area contributed by atoms with Crippen molar-refractivity contribution in [2.24, 2.45) is 0 Å². The molecule has 0 bridgehead atoms. The van der Waals surface area contributed by atoms with E-state index in [-0.39, 0.29) is 18.9 Å². The molecule has 1 N–H and O–H groups in total. The summed E-state index contributed by atoms with van der Waals surface area (Å²) in [7, 11) is 1.28. The summed E-state index contributed by atoms with van der Waals surface area (Å²) >= 11 is 7.66. The van der Waals surface area contributed by atoms with Crippen LogP contribution in [0.2, 0.25) is 5.02 Å². The maximum absolute atomic E-state index is 12.9. The number of ether oxygens (including phenoxy) is 2. The molecule has 198 valence electrons. The topological polar surface area (TPSA) is 64.6 Å². The van der Waals surface area contributed by atoms with Crippen molar-refractivity contribution in [3.63, 3.8) is 0 Å². The van der Waals surface area contributed by atoms with Crippen LogP contribution < -0.4 is 10.1 Å². The Kier molecular flexibility index (Phi) is 9.26. The molecular weight excluding hydrogens is 527 g/mol. The van der Waals surface area contributed by atoms with Gasteiger partial charge in [-0.2, -0.15) is 13.2 Å². The van der Waals surface area contributed by atoms with Crippen LogP contribution in [0.5, 0.6) is 5.75 Å². The molecule has 0 saturated carbocycles. The van der Waals surface area contributed by atoms with Gasteiger partial charge in [0.1, 0.15) is 11.9 Å². The van der Waals surface area contributed by atoms with E-state index in [9.17, 15) is 22.8 Å². The van der Waals surface area contributed by atoms with E-state index in [2.05, 4.69) is 10.1 Å². The number of benzene rings is 2. The number of aryl methyl sites for hydroxylation is 2. The number of carbonyl (C=O) groups excluding carboxylic acids is 2. The first-order chi connectivity index (χ1) is 17.4. The molecule has 10 heteroatoms. The Morgan fingerprint density at radius 3 is 2.24 bits per heavy atom. The van der Waals surface area contributed by atoms with Crippen LogP contribution in [0.15, 0.2) is 42.5 Å². The number of methoxy groups -OCH3 is 1. The van der Waals surface area contributed by atoms with E-state index >= 15 is 0 Å². The molecule has 3 rings (SSSR count). The minimum absolute atomic E-state index is 0.0655. The van der Waals surface area contributed by atoms with Gasteiger partial charge in [-0.25, -0.2) is 0 Å². The van der Waals surface area contributed by atoms with Crippen molar-refractivity contribution in [3.8, 4) is 16.9 Å². The molecule has 0 radical (unpaired) electrons. The molecule has 1 heterocycles. The van der Waals surface area contributed by atoms with Crippen molar-refractivity contribution in [2.45, 2.75) is 45.9 Å². The van der Waals surface area contributed by atoms with Crippen molar-refractivity contribution in [3.05, 3.63) is 73.9 Å². The van der Waals surface area contributed by atoms with Gasteiger partial charge in [0, 0.05) is 6.54 Å². The normalized spacial score (nSPS) is 12.2. The van der Waals surface area contributed by atoms with E-state index in [1.807, 2.05) is 32.9 Å². The fraction of sp³-hybridized carbons (Fsp3) is 0.333. The van der Waals surface area contributed by atoms with Crippen molar-refractivity contribution in [2.75, 3.05) is 13.7 Å². The molecule has 1 unspecified atom stereocenters. The third-order valence-corrected chi connectivity index (χ3v) is 7.38. The molecule has 2 aromatic carbocycles. The lowest BCUT2D eigenvalue weighted by Gasteiger charge is -2.20. The Morgan fingerprint density at radius 1 is 1.08 bits per heavy atom. The average molecular weight is 554 g/mol. The number of carbonyl (C=O) groups is 2. The second kappa shape index (κ2) is 12.0. The standard InChI is InChI=1S/C27H27ClF3NO4S/c1-5-21(25-20(28)14-22(37-25)26(34)32-11-10-23(33)35-4)36-19-12-15(2)24(16(3)13-19)17-6-8-18(9-7-17)27(29,30)31/h6-9,12-14,21H,5,10-11H2,1-4H3,(H,32,34). The van der Waals surface area contributed by atoms with Gasteiger partial charge in [-0.15, -0.1) is 11.3 Å². The zero-order chi connectivity index (χ0) is 27.3. The van der Waals surface area contributed by atoms with E-state index in [0.717, 1.165) is 28.8 Å². The van der Waals surface area contributed by atoms with Gasteiger partial charge in [0.05, 0.1) is 33.9 Å². The molecule has 5 nitrogen and oxygen atoms in total. The third-order valence-electron chi connectivity index (χ3n) is 5.73. The van der Waals surface area contributed by atoms with Crippen molar-refractivity contribution >= 4 is 34.8 Å². The highest BCUT2D eigenvalue weighted by atomic mass is 35.5. The van der Waals surface area contributed by atoms with Gasteiger partial charge in [-0.3, -0.25) is 9.59 Å². The molecule has 0 fully saturated rings. The van der Waals surface area contributed by atoms with Crippen LogP contribution in [0.4, 0.5) is 13.2 Å². The first kappa shape index (κ1) is 28.5. The summed E-state index contributed by atoms with van der Waals surface area (Å²) in [6, 6.07) is 10.3. The number of esters is 1. The SMILES string of the molecule is CCC(Oc1cc(C)c(-c2ccc(C(F)(F)F)cc2)c(C)c1)c1sc(C(=O)NCCC(=O)OC)cc1Cl. The number of halogens is 4. The van der Waals surface area contributed by atoms with Crippen LogP contribution >= 0.6 is 22.9 Å². The van der Waals surface area contributed by atoms with Gasteiger partial charge in [0.25, 0.3) is 5.91 Å². The van der Waals surface area contributed by atoms with Gasteiger partial charge >= 0.3 is 12.1 Å². The molecular formula is C27H27ClF3NO4S. The molecule has 0 spiro atoms. The third kappa shape index (κ3) is 7.05. The predicted molar refractivity (Wildman–Crippen MR) is 138 cm³/mol. The van der Waals surface area contributed by atoms with E-state index < -0.39 is 23.8 Å². The number of thiophene rings is 1. The second-order valence-electron chi connectivity index (χ2n) is 8.43. The number of alkyl halides is 3. The first-order valence-corrected chi connectivity index (χ1v) is 12.7. The van der Waals surface area contributed by atoms with Gasteiger partial charge in [-0.1, -0.05) is 30.7 Å². The van der Waals surface area contributed by atoms with E-state index in [1.54, 1.807) is 6.07 Å². The van der Waals surface area contributed by atoms with E-state index in [4.69, 9.17) is 16.3 Å². The number of hydrogen-bond acceptors (Lipinski definition) is 5. The summed E-state index contributed by atoms with van der Waals surface area (Å²) < 4.78 is 49.6. The monoisotopic (exact) mass is 553 g/mol. The molecule has 37 heavy (non-hydrogen) atoms. The maximum atomic E-state index is 12.9. The van der Waals surface area contributed by atoms with Crippen molar-refractivity contribution < 1.29 is 32.2 Å². The average Bonchev–Trinajstić information content (AvgIpc) is 3.23. The highest BCUT2D eigenvalue weighted by Crippen LogP contribution is 2.39. The molecule has 1 atom stereocenters. The zero-order valence-electron chi connectivity index (χ0n) is 20.8. The lowest BCUT2D eigenvalue weighted by Crippen LogP contribution is -2.25. The van der Waals surface area contributed by atoms with Crippen LogP contribution in [0.1, 0.15) is 57.1 Å². The van der Waals surface area contributed by atoms with Gasteiger partial charge < -0.3 is 14.8 Å². The summed E-state index contributed by atoms with van der Waals surface area (Å²) in [6.45, 7) is 5.84. The Hall–Kier alpha value is -3.04. The largest absolute Gasteiger partial charge is 0.485 e. The summed E-state index contributed by atoms with van der Waals surface area (Å²) in [5.74, 6) is -0.171. The second-order valence-corrected chi connectivity index (χ2v) is 9.92. The Morgan fingerprint density at radius 2 is 1.70 bits per heavy atom. The van der Waals surface area contributed by atoms with Gasteiger partial charge in [-0.05, 0) is 72.9 Å². The molecule has 0 aliphatic carbocycles. The smallest absolute Gasteiger partial charge is 0.416 e. The van der Waals surface area contributed by atoms with Crippen LogP contribution in [0, 0.1) is 13.8 Å². The highest BCUT2D eigenvalue weighted by Gasteiger charge is 2.30. The Bertz CT molecular complexity index is 1250. The van der Waals surface area contributed by atoms with E-state index in [0.29, 0.717) is 32.5 Å². The summed E-state index contributed by atoms with van der Waals surface area (Å²) in [5, 5.41) is 3.08. The molecule has 0 saturated heterocycles. The zero-order valence-corrected chi connectivity index (χ0v) is 22.4. The van der Waals surface area contributed by atoms with Crippen LogP contribution in [0.3, 0.4) is 0 Å². The van der Waals surface area contributed by atoms with Crippen LogP contribution in [0.25, 0.3) is 11.1 Å². The summed E-state index contributed by atoms with van der Waals surface area (Å²) in [6.07, 6.45) is -4.15. The number of amides is 1. The highest BCUT2D eigenvalue weighted by molar-refractivity contribution is 7.14. The minimum Gasteiger partial charge on any atom is -0.485 e.